The number of nitrogens with one attached hydrogen (secondary N) is 4. The van der Waals surface area contributed by atoms with E-state index >= 15 is 9.59 Å². The second kappa shape index (κ2) is 57.7. The average Bonchev–Trinajstić information content (AvgIpc) is 0.862. The molecule has 28 nitrogen and oxygen atoms in total. The van der Waals surface area contributed by atoms with Gasteiger partial charge in [-0.05, 0) is 73.6 Å². The molecule has 0 aliphatic heterocycles. The number of carbonyl (C=O) groups is 11. The topological polar surface area (TPSA) is 379 Å². The second-order valence-electron chi connectivity index (χ2n) is 24.1. The zero-order chi connectivity index (χ0) is 78.0. The van der Waals surface area contributed by atoms with Crippen LogP contribution in [0.4, 0.5) is 0 Å². The summed E-state index contributed by atoms with van der Waals surface area (Å²) >= 11 is 0. The van der Waals surface area contributed by atoms with E-state index in [1.54, 1.807) is 4.90 Å². The zero-order valence-electron chi connectivity index (χ0n) is 61.3. The predicted octanol–water partition coefficient (Wildman–Crippen LogP) is 6.71. The minimum atomic E-state index is -1.14. The van der Waals surface area contributed by atoms with Gasteiger partial charge in [-0.25, -0.2) is 0 Å². The second-order valence-corrected chi connectivity index (χ2v) is 24.1. The first-order valence-electron chi connectivity index (χ1n) is 35.4. The highest BCUT2D eigenvalue weighted by Gasteiger charge is 2.35. The lowest BCUT2D eigenvalue weighted by atomic mass is 10.0. The third kappa shape index (κ3) is 38.9. The molecule has 8 amide bonds. The van der Waals surface area contributed by atoms with Crippen molar-refractivity contribution >= 4 is 83.6 Å². The molecule has 4 aromatic carbocycles. The van der Waals surface area contributed by atoms with Crippen molar-refractivity contribution in [3.8, 4) is 0 Å². The Morgan fingerprint density at radius 2 is 0.629 bits per heavy atom. The Balaban J connectivity index is 0.00000581. The Morgan fingerprint density at radius 3 is 0.990 bits per heavy atom. The van der Waals surface area contributed by atoms with Gasteiger partial charge in [-0.2, -0.15) is 28.8 Å². The zero-order valence-corrected chi connectivity index (χ0v) is 61.3. The van der Waals surface area contributed by atoms with Gasteiger partial charge in [0, 0.05) is 90.9 Å². The fraction of sp³-hybridized carbons (Fsp3) is 0.506. The summed E-state index contributed by atoms with van der Waals surface area (Å²) in [6, 6.07) is 33.2. The van der Waals surface area contributed by atoms with Gasteiger partial charge in [0.25, 0.3) is 0 Å². The van der Waals surface area contributed by atoms with Crippen LogP contribution in [0.25, 0.3) is 0 Å². The van der Waals surface area contributed by atoms with Gasteiger partial charge in [-0.3, -0.25) is 52.7 Å². The van der Waals surface area contributed by atoms with Crippen LogP contribution in [0.2, 0.25) is 0 Å². The number of hydrogen-bond acceptors (Lipinski definition) is 20. The number of esters is 3. The highest BCUT2D eigenvalue weighted by molar-refractivity contribution is 5.91. The van der Waals surface area contributed by atoms with Gasteiger partial charge in [0.15, 0.2) is 0 Å². The van der Waals surface area contributed by atoms with Gasteiger partial charge in [-0.1, -0.05) is 174 Å². The minimum absolute atomic E-state index is 0.00670. The van der Waals surface area contributed by atoms with Gasteiger partial charge in [0.1, 0.15) is 24.2 Å². The van der Waals surface area contributed by atoms with Crippen LogP contribution < -0.4 is 21.3 Å². The third-order valence-electron chi connectivity index (χ3n) is 16.6. The largest absolute Gasteiger partial charge is 0.469 e. The minimum Gasteiger partial charge on any atom is -0.469 e. The van der Waals surface area contributed by atoms with E-state index in [0.717, 1.165) is 35.1 Å². The third-order valence-corrected chi connectivity index (χ3v) is 16.6. The van der Waals surface area contributed by atoms with Crippen LogP contribution in [0.15, 0.2) is 121 Å². The Kier molecular flexibility index (Phi) is 50.6. The molecule has 0 fully saturated rings. The average molecular weight is 1460 g/mol. The molecule has 0 aromatic heterocycles. The summed E-state index contributed by atoms with van der Waals surface area (Å²) in [6.07, 6.45) is 6.02. The number of carbonyl (C=O) groups excluding carboxylic acids is 17. The molecule has 4 unspecified atom stereocenters. The monoisotopic (exact) mass is 1460 g/mol. The van der Waals surface area contributed by atoms with Crippen LogP contribution in [-0.2, 0) is 122 Å². The number of unbranched alkanes of at least 4 members (excludes halogenated alkanes) is 4. The molecule has 0 aliphatic carbocycles. The number of ether oxygens (including phenoxy) is 3. The Bertz CT molecular complexity index is 3300. The van der Waals surface area contributed by atoms with E-state index in [1.807, 2.05) is 142 Å². The number of nitrogens with zero attached hydrogens (tertiary/aromatic N) is 4. The van der Waals surface area contributed by atoms with Gasteiger partial charge >= 0.3 is 36.4 Å². The van der Waals surface area contributed by atoms with Crippen molar-refractivity contribution in [2.75, 3.05) is 54.1 Å². The lowest BCUT2D eigenvalue weighted by molar-refractivity contribution is -0.193. The quantitative estimate of drug-likeness (QED) is 0.0203. The Hall–Kier alpha value is -10.8. The predicted molar refractivity (Wildman–Crippen MR) is 380 cm³/mol. The van der Waals surface area contributed by atoms with Gasteiger partial charge in [0.05, 0.1) is 34.2 Å². The van der Waals surface area contributed by atoms with Crippen molar-refractivity contribution in [1.29, 1.82) is 0 Å². The molecule has 4 N–H and O–H groups in total. The molecule has 0 saturated heterocycles. The van der Waals surface area contributed by atoms with Crippen LogP contribution in [-0.4, -0.2) is 181 Å². The SMILES string of the molecule is CCCCC(C(=O)NCCC(=O)OC)N(Cc1ccccc1)C(=O)CCCCCN(C(=O)CCCC(=O)N(Cc1ccccc1)C(CCCC)C(=O)NCCC(=O)OC)C(Cc1ccccc1)C(=O)NCCC(=O)N(Cc1ccccc1)C(CCCC(=O)OC)C(=O)NCCC.O=C=O.O=C=O.O=C=O. The molecule has 28 heteroatoms. The van der Waals surface area contributed by atoms with Crippen molar-refractivity contribution in [3.63, 3.8) is 0 Å². The van der Waals surface area contributed by atoms with Crippen LogP contribution in [0.3, 0.4) is 0 Å². The van der Waals surface area contributed by atoms with E-state index < -0.39 is 65.7 Å². The van der Waals surface area contributed by atoms with E-state index in [0.29, 0.717) is 57.9 Å². The van der Waals surface area contributed by atoms with Crippen molar-refractivity contribution in [2.24, 2.45) is 0 Å². The molecule has 4 atom stereocenters. The summed E-state index contributed by atoms with van der Waals surface area (Å²) in [4.78, 5) is 207. The smallest absolute Gasteiger partial charge is 0.373 e. The summed E-state index contributed by atoms with van der Waals surface area (Å²) in [5, 5.41) is 11.5. The van der Waals surface area contributed by atoms with Crippen LogP contribution in [0.1, 0.15) is 171 Å². The van der Waals surface area contributed by atoms with E-state index in [4.69, 9.17) is 43.0 Å². The maximum absolute atomic E-state index is 15.2. The number of benzene rings is 4. The first-order chi connectivity index (χ1) is 50.7. The molecule has 572 valence electrons. The highest BCUT2D eigenvalue weighted by atomic mass is 16.5. The standard InChI is InChI=1S/C74H104N8O14.3CO2/c1-7-10-37-60(72(91)77-49-45-69(88)95-5)80(53-57-31-19-13-20-32-57)65(84)40-25-16-26-51-79(64(83)41-28-42-66(85)81(54-58-33-21-14-22-34-58)61(38-11-8-2)73(92)78-50-46-70(89)96-6)63(52-56-29-17-12-18-30-56)74(93)76-48-44-67(86)82(55-59-35-23-15-24-36-59)62(71(90)75-47-9-3)39-27-43-68(87)94-4;3*2-1-3/h12-15,17-24,29-36,60-63H,7-11,16,25-28,37-55H2,1-6H3,(H,75,90)(H,76,93)(H,77,91)(H,78,92);;;. The van der Waals surface area contributed by atoms with Gasteiger partial charge in [-0.15, -0.1) is 0 Å². The van der Waals surface area contributed by atoms with Crippen molar-refractivity contribution < 1.29 is 95.7 Å². The molecule has 0 saturated carbocycles. The molecule has 0 radical (unpaired) electrons. The van der Waals surface area contributed by atoms with Crippen LogP contribution in [0.5, 0.6) is 0 Å². The van der Waals surface area contributed by atoms with Gasteiger partial charge < -0.3 is 55.1 Å². The van der Waals surface area contributed by atoms with E-state index in [1.165, 1.54) is 36.0 Å². The molecule has 0 aliphatic rings. The van der Waals surface area contributed by atoms with Crippen molar-refractivity contribution in [1.82, 2.24) is 40.9 Å². The molecule has 0 bridgehead atoms. The fourth-order valence-corrected chi connectivity index (χ4v) is 11.2. The van der Waals surface area contributed by atoms with E-state index in [9.17, 15) is 43.2 Å². The molecule has 0 spiro atoms. The van der Waals surface area contributed by atoms with E-state index in [2.05, 4.69) is 21.3 Å². The molecular weight excluding hydrogens is 1360 g/mol. The number of rotatable bonds is 47. The lowest BCUT2D eigenvalue weighted by Crippen LogP contribution is -2.52. The molecule has 4 rings (SSSR count). The number of amides is 8. The first-order valence-corrected chi connectivity index (χ1v) is 35.4. The van der Waals surface area contributed by atoms with Crippen LogP contribution >= 0.6 is 0 Å². The summed E-state index contributed by atoms with van der Waals surface area (Å²) in [7, 11) is 3.82. The maximum Gasteiger partial charge on any atom is 0.373 e. The van der Waals surface area contributed by atoms with Crippen molar-refractivity contribution in [2.45, 2.75) is 199 Å². The summed E-state index contributed by atoms with van der Waals surface area (Å²) in [5.74, 6) is -4.67. The van der Waals surface area contributed by atoms with Crippen LogP contribution in [0, 0.1) is 0 Å². The number of methoxy groups -OCH3 is 3. The lowest BCUT2D eigenvalue weighted by Gasteiger charge is -2.33. The summed E-state index contributed by atoms with van der Waals surface area (Å²) in [5.41, 5.74) is 3.10. The Labute approximate surface area is 614 Å². The molecule has 4 aromatic rings. The summed E-state index contributed by atoms with van der Waals surface area (Å²) < 4.78 is 14.4. The Morgan fingerprint density at radius 1 is 0.324 bits per heavy atom. The summed E-state index contributed by atoms with van der Waals surface area (Å²) in [6.45, 7) is 6.51. The van der Waals surface area contributed by atoms with Gasteiger partial charge in [0.2, 0.25) is 47.3 Å². The number of hydrogen-bond donors (Lipinski definition) is 4. The molecular formula is C77H104N8O20. The van der Waals surface area contributed by atoms with Crippen molar-refractivity contribution in [3.05, 3.63) is 144 Å². The highest BCUT2D eigenvalue weighted by Crippen LogP contribution is 2.23. The first kappa shape index (κ1) is 92.2. The molecule has 0 heterocycles. The fourth-order valence-electron chi connectivity index (χ4n) is 11.2. The maximum atomic E-state index is 15.2. The normalized spacial score (nSPS) is 11.3. The molecule has 105 heavy (non-hydrogen) atoms. The van der Waals surface area contributed by atoms with E-state index in [-0.39, 0.29) is 159 Å².